The Bertz CT molecular complexity index is 1480. The summed E-state index contributed by atoms with van der Waals surface area (Å²) in [4.78, 5) is 33.2. The predicted molar refractivity (Wildman–Crippen MR) is 137 cm³/mol. The molecule has 0 saturated carbocycles. The van der Waals surface area contributed by atoms with Gasteiger partial charge in [-0.25, -0.2) is 4.98 Å². The molecular weight excluding hydrogens is 438 g/mol. The number of aromatic nitrogens is 2. The van der Waals surface area contributed by atoms with E-state index in [4.69, 9.17) is 4.74 Å². The number of nitrogens with zero attached hydrogens (tertiary/aromatic N) is 1. The van der Waals surface area contributed by atoms with Crippen molar-refractivity contribution in [2.45, 2.75) is 13.0 Å². The second kappa shape index (κ2) is 9.65. The number of nitrogens with one attached hydrogen (secondary N) is 2. The van der Waals surface area contributed by atoms with E-state index in [0.29, 0.717) is 28.4 Å². The van der Waals surface area contributed by atoms with Crippen LogP contribution in [0.25, 0.3) is 22.4 Å². The molecule has 2 N–H and O–H groups in total. The van der Waals surface area contributed by atoms with E-state index in [1.54, 1.807) is 25.1 Å². The smallest absolute Gasteiger partial charge is 0.265 e. The minimum Gasteiger partial charge on any atom is -0.481 e. The number of imidazole rings is 1. The molecule has 6 nitrogen and oxygen atoms in total. The number of para-hydroxylation sites is 1. The van der Waals surface area contributed by atoms with E-state index >= 15 is 0 Å². The van der Waals surface area contributed by atoms with E-state index in [0.717, 1.165) is 16.6 Å². The normalized spacial score (nSPS) is 11.7. The molecule has 4 aromatic carbocycles. The first kappa shape index (κ1) is 22.1. The van der Waals surface area contributed by atoms with Crippen molar-refractivity contribution in [3.8, 4) is 17.1 Å². The number of ether oxygens (including phenoxy) is 1. The summed E-state index contributed by atoms with van der Waals surface area (Å²) < 4.78 is 5.68. The number of aromatic amines is 1. The quantitative estimate of drug-likeness (QED) is 0.297. The fraction of sp³-hybridized carbons (Fsp3) is 0.0690. The van der Waals surface area contributed by atoms with Crippen LogP contribution in [0, 0.1) is 0 Å². The van der Waals surface area contributed by atoms with E-state index in [1.807, 2.05) is 84.9 Å². The van der Waals surface area contributed by atoms with Crippen molar-refractivity contribution in [3.05, 3.63) is 114 Å². The lowest BCUT2D eigenvalue weighted by atomic mass is 10.0. The number of hydrogen-bond acceptors (Lipinski definition) is 4. The van der Waals surface area contributed by atoms with Crippen LogP contribution in [0.5, 0.6) is 5.75 Å². The minimum atomic E-state index is -0.639. The first-order valence-corrected chi connectivity index (χ1v) is 11.3. The lowest BCUT2D eigenvalue weighted by molar-refractivity contribution is -0.122. The van der Waals surface area contributed by atoms with Gasteiger partial charge in [0, 0.05) is 22.4 Å². The van der Waals surface area contributed by atoms with Gasteiger partial charge >= 0.3 is 0 Å². The molecular formula is C29H23N3O3. The Labute approximate surface area is 202 Å². The van der Waals surface area contributed by atoms with E-state index in [9.17, 15) is 9.59 Å². The van der Waals surface area contributed by atoms with Crippen LogP contribution >= 0.6 is 0 Å². The average Bonchev–Trinajstić information content (AvgIpc) is 3.33. The number of H-pyrrole nitrogens is 1. The van der Waals surface area contributed by atoms with Crippen LogP contribution in [0.3, 0.4) is 0 Å². The second-order valence-electron chi connectivity index (χ2n) is 8.15. The fourth-order valence-corrected chi connectivity index (χ4v) is 3.76. The molecule has 0 bridgehead atoms. The van der Waals surface area contributed by atoms with Gasteiger partial charge in [0.05, 0.1) is 11.0 Å². The van der Waals surface area contributed by atoms with Gasteiger partial charge in [0.25, 0.3) is 5.91 Å². The lowest BCUT2D eigenvalue weighted by Gasteiger charge is -2.14. The summed E-state index contributed by atoms with van der Waals surface area (Å²) in [6.07, 6.45) is -0.639. The Morgan fingerprint density at radius 1 is 0.829 bits per heavy atom. The summed E-state index contributed by atoms with van der Waals surface area (Å²) in [6, 6.07) is 31.3. The zero-order valence-electron chi connectivity index (χ0n) is 19.1. The third kappa shape index (κ3) is 4.96. The predicted octanol–water partition coefficient (Wildman–Crippen LogP) is 5.87. The van der Waals surface area contributed by atoms with E-state index in [-0.39, 0.29) is 11.7 Å². The van der Waals surface area contributed by atoms with Crippen molar-refractivity contribution in [3.63, 3.8) is 0 Å². The molecule has 0 spiro atoms. The Morgan fingerprint density at radius 3 is 2.23 bits per heavy atom. The van der Waals surface area contributed by atoms with Crippen molar-refractivity contribution in [2.75, 3.05) is 5.32 Å². The number of carbonyl (C=O) groups is 2. The lowest BCUT2D eigenvalue weighted by Crippen LogP contribution is -2.30. The molecule has 172 valence electrons. The number of fused-ring (bicyclic) bond motifs is 1. The van der Waals surface area contributed by atoms with Crippen molar-refractivity contribution in [2.24, 2.45) is 0 Å². The molecule has 0 aliphatic rings. The van der Waals surface area contributed by atoms with Crippen molar-refractivity contribution < 1.29 is 14.3 Å². The Balaban J connectivity index is 1.29. The molecule has 1 aromatic heterocycles. The molecule has 5 aromatic rings. The number of ketones is 1. The van der Waals surface area contributed by atoms with Gasteiger partial charge in [-0.05, 0) is 61.5 Å². The largest absolute Gasteiger partial charge is 0.481 e. The molecule has 0 unspecified atom stereocenters. The first-order chi connectivity index (χ1) is 17.1. The zero-order chi connectivity index (χ0) is 24.2. The van der Waals surface area contributed by atoms with Crippen LogP contribution in [0.15, 0.2) is 103 Å². The highest BCUT2D eigenvalue weighted by atomic mass is 16.5. The van der Waals surface area contributed by atoms with E-state index in [2.05, 4.69) is 15.3 Å². The van der Waals surface area contributed by atoms with Gasteiger partial charge in [0.1, 0.15) is 11.6 Å². The molecule has 0 saturated heterocycles. The van der Waals surface area contributed by atoms with Crippen LogP contribution in [-0.4, -0.2) is 27.8 Å². The number of hydrogen-bond donors (Lipinski definition) is 2. The summed E-state index contributed by atoms with van der Waals surface area (Å²) in [5.74, 6) is 1.06. The maximum absolute atomic E-state index is 12.8. The van der Waals surface area contributed by atoms with Crippen LogP contribution in [-0.2, 0) is 4.79 Å². The maximum Gasteiger partial charge on any atom is 0.265 e. The van der Waals surface area contributed by atoms with Gasteiger partial charge in [-0.2, -0.15) is 0 Å². The van der Waals surface area contributed by atoms with Gasteiger partial charge < -0.3 is 15.0 Å². The molecule has 6 heteroatoms. The highest BCUT2D eigenvalue weighted by Crippen LogP contribution is 2.24. The van der Waals surface area contributed by atoms with Crippen molar-refractivity contribution >= 4 is 28.4 Å². The second-order valence-corrected chi connectivity index (χ2v) is 8.15. The van der Waals surface area contributed by atoms with Crippen LogP contribution in [0.2, 0.25) is 0 Å². The minimum absolute atomic E-state index is 0.0331. The molecule has 0 radical (unpaired) electrons. The third-order valence-electron chi connectivity index (χ3n) is 5.63. The molecule has 0 fully saturated rings. The summed E-state index contributed by atoms with van der Waals surface area (Å²) in [6.45, 7) is 1.71. The molecule has 35 heavy (non-hydrogen) atoms. The Hall–Kier alpha value is -4.71. The molecule has 1 amide bonds. The van der Waals surface area contributed by atoms with E-state index < -0.39 is 6.10 Å². The molecule has 0 aliphatic heterocycles. The fourth-order valence-electron chi connectivity index (χ4n) is 3.76. The van der Waals surface area contributed by atoms with Gasteiger partial charge in [0.15, 0.2) is 11.9 Å². The van der Waals surface area contributed by atoms with Crippen LogP contribution in [0.1, 0.15) is 22.8 Å². The van der Waals surface area contributed by atoms with Gasteiger partial charge in [0.2, 0.25) is 0 Å². The van der Waals surface area contributed by atoms with Crippen LogP contribution < -0.4 is 10.1 Å². The summed E-state index contributed by atoms with van der Waals surface area (Å²) in [5.41, 5.74) is 4.33. The zero-order valence-corrected chi connectivity index (χ0v) is 19.1. The van der Waals surface area contributed by atoms with Crippen LogP contribution in [0.4, 0.5) is 5.69 Å². The monoisotopic (exact) mass is 461 g/mol. The van der Waals surface area contributed by atoms with Gasteiger partial charge in [-0.3, -0.25) is 9.59 Å². The molecule has 0 aliphatic carbocycles. The van der Waals surface area contributed by atoms with Crippen molar-refractivity contribution in [1.82, 2.24) is 9.97 Å². The van der Waals surface area contributed by atoms with Gasteiger partial charge in [-0.15, -0.1) is 0 Å². The number of carbonyl (C=O) groups excluding carboxylic acids is 2. The summed E-state index contributed by atoms with van der Waals surface area (Å²) in [7, 11) is 0. The molecule has 1 atom stereocenters. The first-order valence-electron chi connectivity index (χ1n) is 11.3. The third-order valence-corrected chi connectivity index (χ3v) is 5.63. The van der Waals surface area contributed by atoms with E-state index in [1.165, 1.54) is 0 Å². The topological polar surface area (TPSA) is 84.1 Å². The summed E-state index contributed by atoms with van der Waals surface area (Å²) >= 11 is 0. The summed E-state index contributed by atoms with van der Waals surface area (Å²) in [5, 5.41) is 2.87. The standard InChI is InChI=1S/C29H23N3O3/c1-19(35-24-10-6-3-7-11-24)29(34)30-23-15-12-21(13-16-23)28-31-25-17-14-22(18-26(25)32-28)27(33)20-8-4-2-5-9-20/h2-19H,1H3,(H,30,34)(H,31,32)/t19-/m0/s1. The number of rotatable bonds is 7. The highest BCUT2D eigenvalue weighted by molar-refractivity contribution is 6.10. The van der Waals surface area contributed by atoms with Gasteiger partial charge in [-0.1, -0.05) is 48.5 Å². The maximum atomic E-state index is 12.8. The molecule has 1 heterocycles. The SMILES string of the molecule is C[C@H](Oc1ccccc1)C(=O)Nc1ccc(-c2nc3ccc(C(=O)c4ccccc4)cc3[nH]2)cc1. The average molecular weight is 462 g/mol. The Morgan fingerprint density at radius 2 is 1.51 bits per heavy atom. The number of benzene rings is 4. The van der Waals surface area contributed by atoms with Crippen molar-refractivity contribution in [1.29, 1.82) is 0 Å². The number of amides is 1. The molecule has 5 rings (SSSR count). The highest BCUT2D eigenvalue weighted by Gasteiger charge is 2.15. The Kier molecular flexibility index (Phi) is 6.09. The number of anilines is 1.